The summed E-state index contributed by atoms with van der Waals surface area (Å²) < 4.78 is 4.66. The molecule has 7 nitrogen and oxygen atoms in total. The second-order valence-corrected chi connectivity index (χ2v) is 3.72. The lowest BCUT2D eigenvalue weighted by Gasteiger charge is -2.11. The molecule has 0 unspecified atom stereocenters. The third kappa shape index (κ3) is 3.52. The number of carboxylic acids is 1. The highest BCUT2D eigenvalue weighted by Crippen LogP contribution is 2.23. The van der Waals surface area contributed by atoms with Crippen LogP contribution < -0.4 is 15.4 Å². The zero-order valence-electron chi connectivity index (χ0n) is 10.5. The Labute approximate surface area is 109 Å². The average molecular weight is 266 g/mol. The molecule has 0 aliphatic heterocycles. The lowest BCUT2D eigenvalue weighted by atomic mass is 10.0. The van der Waals surface area contributed by atoms with Gasteiger partial charge in [0, 0.05) is 0 Å². The minimum absolute atomic E-state index is 0.0259. The van der Waals surface area contributed by atoms with Crippen molar-refractivity contribution in [1.29, 1.82) is 0 Å². The van der Waals surface area contributed by atoms with Gasteiger partial charge in [0.25, 0.3) is 12.4 Å². The van der Waals surface area contributed by atoms with Crippen molar-refractivity contribution in [2.24, 2.45) is 0 Å². The normalized spacial score (nSPS) is 9.79. The Balaban J connectivity index is 3.22. The van der Waals surface area contributed by atoms with Crippen LogP contribution in [0.4, 0.5) is 0 Å². The van der Waals surface area contributed by atoms with Crippen LogP contribution in [0.1, 0.15) is 26.3 Å². The molecule has 102 valence electrons. The number of ether oxygens (including phenoxy) is 1. The topological polar surface area (TPSA) is 105 Å². The number of aryl methyl sites for hydroxylation is 1. The van der Waals surface area contributed by atoms with Gasteiger partial charge in [0.2, 0.25) is 0 Å². The van der Waals surface area contributed by atoms with Crippen molar-refractivity contribution < 1.29 is 24.2 Å². The number of benzene rings is 1. The maximum absolute atomic E-state index is 11.8. The van der Waals surface area contributed by atoms with E-state index < -0.39 is 11.9 Å². The van der Waals surface area contributed by atoms with Gasteiger partial charge in [-0.05, 0) is 31.7 Å². The zero-order chi connectivity index (χ0) is 14.4. The van der Waals surface area contributed by atoms with Crippen LogP contribution in [-0.2, 0) is 4.79 Å². The van der Waals surface area contributed by atoms with Crippen molar-refractivity contribution in [1.82, 2.24) is 10.6 Å². The molecular formula is C12H14N2O5. The van der Waals surface area contributed by atoms with E-state index in [0.717, 1.165) is 6.07 Å². The predicted molar refractivity (Wildman–Crippen MR) is 66.2 cm³/mol. The Morgan fingerprint density at radius 1 is 1.37 bits per heavy atom. The van der Waals surface area contributed by atoms with Gasteiger partial charge in [-0.15, -0.1) is 0 Å². The van der Waals surface area contributed by atoms with E-state index in [1.165, 1.54) is 6.07 Å². The largest absolute Gasteiger partial charge is 0.478 e. The lowest BCUT2D eigenvalue weighted by Crippen LogP contribution is -2.32. The summed E-state index contributed by atoms with van der Waals surface area (Å²) in [4.78, 5) is 33.2. The van der Waals surface area contributed by atoms with E-state index in [2.05, 4.69) is 15.4 Å². The van der Waals surface area contributed by atoms with Gasteiger partial charge in [0.15, 0.2) is 0 Å². The second kappa shape index (κ2) is 6.50. The van der Waals surface area contributed by atoms with Gasteiger partial charge in [0.1, 0.15) is 5.75 Å². The quantitative estimate of drug-likeness (QED) is 0.499. The van der Waals surface area contributed by atoms with E-state index in [1.54, 1.807) is 14.0 Å². The van der Waals surface area contributed by atoms with Crippen LogP contribution in [0.25, 0.3) is 0 Å². The Morgan fingerprint density at radius 2 is 2.05 bits per heavy atom. The molecule has 0 bridgehead atoms. The van der Waals surface area contributed by atoms with Crippen LogP contribution in [0.5, 0.6) is 5.75 Å². The molecule has 0 atom stereocenters. The number of nitrogens with one attached hydrogen (secondary N) is 2. The molecule has 1 aromatic rings. The van der Waals surface area contributed by atoms with Gasteiger partial charge in [-0.1, -0.05) is 0 Å². The van der Waals surface area contributed by atoms with Crippen molar-refractivity contribution in [3.8, 4) is 5.75 Å². The van der Waals surface area contributed by atoms with Crippen molar-refractivity contribution in [3.63, 3.8) is 0 Å². The van der Waals surface area contributed by atoms with Gasteiger partial charge in [-0.3, -0.25) is 9.59 Å². The third-order valence-corrected chi connectivity index (χ3v) is 2.40. The molecule has 1 amide bonds. The molecule has 0 saturated carbocycles. The van der Waals surface area contributed by atoms with Crippen LogP contribution in [-0.4, -0.2) is 37.2 Å². The first-order valence-corrected chi connectivity index (χ1v) is 5.42. The van der Waals surface area contributed by atoms with Crippen molar-refractivity contribution in [2.75, 3.05) is 13.7 Å². The molecule has 0 aliphatic carbocycles. The van der Waals surface area contributed by atoms with E-state index in [-0.39, 0.29) is 30.0 Å². The zero-order valence-corrected chi connectivity index (χ0v) is 10.5. The maximum atomic E-state index is 11.8. The van der Waals surface area contributed by atoms with Crippen LogP contribution in [0.2, 0.25) is 0 Å². The summed E-state index contributed by atoms with van der Waals surface area (Å²) in [6.45, 7) is 1.94. The van der Waals surface area contributed by atoms with Crippen molar-refractivity contribution in [3.05, 3.63) is 28.8 Å². The smallest absolute Gasteiger partial charge is 0.336 e. The monoisotopic (exact) mass is 266 g/mol. The highest BCUT2D eigenvalue weighted by atomic mass is 16.5. The molecule has 7 heteroatoms. The molecule has 0 heterocycles. The molecule has 0 saturated heterocycles. The fraction of sp³-hybridized carbons (Fsp3) is 0.250. The van der Waals surface area contributed by atoms with Gasteiger partial charge < -0.3 is 20.5 Å². The summed E-state index contributed by atoms with van der Waals surface area (Å²) in [5.74, 6) is -1.71. The summed E-state index contributed by atoms with van der Waals surface area (Å²) in [7, 11) is 1.65. The first-order valence-electron chi connectivity index (χ1n) is 5.42. The molecule has 1 rings (SSSR count). The molecule has 3 N–H and O–H groups in total. The molecule has 0 radical (unpaired) electrons. The van der Waals surface area contributed by atoms with Gasteiger partial charge >= 0.3 is 5.97 Å². The van der Waals surface area contributed by atoms with Crippen molar-refractivity contribution in [2.45, 2.75) is 6.92 Å². The summed E-state index contributed by atoms with van der Waals surface area (Å²) >= 11 is 0. The number of hydrogen-bond donors (Lipinski definition) is 3. The van der Waals surface area contributed by atoms with E-state index >= 15 is 0 Å². The standard InChI is InChI=1S/C12H14N2O5/c1-7-3-9(11(16)14-5-13-2)10(19-6-15)4-8(7)12(17)18/h3-4,6,13H,5H2,1-2H3,(H,14,16)(H,17,18). The Hall–Kier alpha value is -2.41. The fourth-order valence-corrected chi connectivity index (χ4v) is 1.51. The first-order chi connectivity index (χ1) is 9.01. The third-order valence-electron chi connectivity index (χ3n) is 2.40. The summed E-state index contributed by atoms with van der Waals surface area (Å²) in [6, 6.07) is 2.52. The van der Waals surface area contributed by atoms with Gasteiger partial charge in [-0.25, -0.2) is 4.79 Å². The van der Waals surface area contributed by atoms with E-state index in [9.17, 15) is 14.4 Å². The lowest BCUT2D eigenvalue weighted by molar-refractivity contribution is -0.120. The molecule has 1 aromatic carbocycles. The Kier molecular flexibility index (Phi) is 5.01. The van der Waals surface area contributed by atoms with Crippen LogP contribution in [0.3, 0.4) is 0 Å². The van der Waals surface area contributed by atoms with E-state index in [0.29, 0.717) is 5.56 Å². The minimum atomic E-state index is -1.16. The molecule has 0 spiro atoms. The molecule has 19 heavy (non-hydrogen) atoms. The first kappa shape index (κ1) is 14.7. The van der Waals surface area contributed by atoms with Gasteiger partial charge in [0.05, 0.1) is 17.8 Å². The van der Waals surface area contributed by atoms with Gasteiger partial charge in [-0.2, -0.15) is 0 Å². The maximum Gasteiger partial charge on any atom is 0.336 e. The average Bonchev–Trinajstić information content (AvgIpc) is 2.37. The number of hydrogen-bond acceptors (Lipinski definition) is 5. The van der Waals surface area contributed by atoms with E-state index in [1.807, 2.05) is 0 Å². The summed E-state index contributed by atoms with van der Waals surface area (Å²) in [6.07, 6.45) is 0. The number of carbonyl (C=O) groups excluding carboxylic acids is 2. The Bertz CT molecular complexity index is 513. The number of aromatic carboxylic acids is 1. The highest BCUT2D eigenvalue weighted by molar-refractivity contribution is 5.99. The molecule has 0 fully saturated rings. The van der Waals surface area contributed by atoms with Crippen LogP contribution >= 0.6 is 0 Å². The van der Waals surface area contributed by atoms with Crippen LogP contribution in [0.15, 0.2) is 12.1 Å². The van der Waals surface area contributed by atoms with Crippen LogP contribution in [0, 0.1) is 6.92 Å². The predicted octanol–water partition coefficient (Wildman–Crippen LogP) is 0.135. The Morgan fingerprint density at radius 3 is 2.58 bits per heavy atom. The summed E-state index contributed by atoms with van der Waals surface area (Å²) in [5, 5.41) is 14.2. The molecule has 0 aliphatic rings. The van der Waals surface area contributed by atoms with Crippen molar-refractivity contribution >= 4 is 18.3 Å². The number of amides is 1. The molecule has 0 aromatic heterocycles. The highest BCUT2D eigenvalue weighted by Gasteiger charge is 2.18. The second-order valence-electron chi connectivity index (χ2n) is 3.72. The number of rotatable bonds is 6. The summed E-state index contributed by atoms with van der Waals surface area (Å²) in [5.41, 5.74) is 0.479. The number of carbonyl (C=O) groups is 3. The van der Waals surface area contributed by atoms with E-state index in [4.69, 9.17) is 5.11 Å². The fourth-order valence-electron chi connectivity index (χ4n) is 1.51. The minimum Gasteiger partial charge on any atom is -0.478 e. The SMILES string of the molecule is CNCNC(=O)c1cc(C)c(C(=O)O)cc1OC=O. The number of carboxylic acid groups (broad SMARTS) is 1. The molecular weight excluding hydrogens is 252 g/mol.